The first-order chi connectivity index (χ1) is 13.8. The van der Waals surface area contributed by atoms with E-state index < -0.39 is 0 Å². The molecule has 1 aromatic carbocycles. The van der Waals surface area contributed by atoms with Gasteiger partial charge in [0.1, 0.15) is 12.8 Å². The van der Waals surface area contributed by atoms with Crippen LogP contribution in [0.2, 0.25) is 6.04 Å². The van der Waals surface area contributed by atoms with Gasteiger partial charge in [0.2, 0.25) is 0 Å². The minimum atomic E-state index is 0.720. The molecule has 0 aromatic heterocycles. The van der Waals surface area contributed by atoms with Gasteiger partial charge in [-0.25, -0.2) is 0 Å². The SMILES string of the molecule is CCCCCCC(CCC)c1ccc(OCCC[Si]I)c(C2CCCCC2)c1. The van der Waals surface area contributed by atoms with E-state index in [0.717, 1.165) is 25.5 Å². The molecular weight excluding hydrogens is 471 g/mol. The summed E-state index contributed by atoms with van der Waals surface area (Å²) < 4.78 is 6.30. The van der Waals surface area contributed by atoms with Gasteiger partial charge in [0.15, 0.2) is 0 Å². The number of benzene rings is 1. The number of rotatable bonds is 14. The van der Waals surface area contributed by atoms with Gasteiger partial charge in [-0.3, -0.25) is 0 Å². The van der Waals surface area contributed by atoms with Gasteiger partial charge in [-0.1, -0.05) is 77.3 Å². The summed E-state index contributed by atoms with van der Waals surface area (Å²) in [4.78, 5) is 0. The molecule has 0 amide bonds. The molecule has 0 saturated heterocycles. The third-order valence-electron chi connectivity index (χ3n) is 6.27. The number of halogens is 1. The van der Waals surface area contributed by atoms with Crippen LogP contribution in [0.1, 0.15) is 120 Å². The third kappa shape index (κ3) is 8.37. The Kier molecular flexibility index (Phi) is 12.9. The molecule has 1 aliphatic carbocycles. The summed E-state index contributed by atoms with van der Waals surface area (Å²) in [5.41, 5.74) is 3.11. The summed E-state index contributed by atoms with van der Waals surface area (Å²) in [6.45, 7) is 5.52. The highest BCUT2D eigenvalue weighted by atomic mass is 127. The first-order valence-corrected chi connectivity index (χ1v) is 16.2. The van der Waals surface area contributed by atoms with Gasteiger partial charge in [0, 0.05) is 0 Å². The van der Waals surface area contributed by atoms with E-state index in [4.69, 9.17) is 4.74 Å². The van der Waals surface area contributed by atoms with E-state index in [1.165, 1.54) is 101 Å². The first kappa shape index (κ1) is 24.2. The van der Waals surface area contributed by atoms with Crippen LogP contribution in [-0.4, -0.2) is 13.6 Å². The van der Waals surface area contributed by atoms with E-state index in [-0.39, 0.29) is 0 Å². The van der Waals surface area contributed by atoms with Crippen molar-refractivity contribution in [2.75, 3.05) is 6.61 Å². The predicted molar refractivity (Wildman–Crippen MR) is 133 cm³/mol. The lowest BCUT2D eigenvalue weighted by atomic mass is 9.81. The second kappa shape index (κ2) is 14.9. The highest BCUT2D eigenvalue weighted by Gasteiger charge is 2.21. The van der Waals surface area contributed by atoms with Gasteiger partial charge in [-0.15, -0.1) is 21.8 Å². The van der Waals surface area contributed by atoms with Gasteiger partial charge < -0.3 is 4.74 Å². The van der Waals surface area contributed by atoms with Crippen molar-refractivity contribution in [2.24, 2.45) is 0 Å². The fraction of sp³-hybridized carbons (Fsp3) is 0.760. The molecule has 28 heavy (non-hydrogen) atoms. The predicted octanol–water partition coefficient (Wildman–Crippen LogP) is 8.83. The molecule has 3 heteroatoms. The minimum Gasteiger partial charge on any atom is -0.493 e. The van der Waals surface area contributed by atoms with Crippen molar-refractivity contribution in [3.8, 4) is 5.75 Å². The Balaban J connectivity index is 2.13. The van der Waals surface area contributed by atoms with E-state index in [0.29, 0.717) is 0 Å². The largest absolute Gasteiger partial charge is 0.493 e. The van der Waals surface area contributed by atoms with Crippen molar-refractivity contribution in [3.05, 3.63) is 29.3 Å². The zero-order valence-corrected chi connectivity index (χ0v) is 21.4. The maximum absolute atomic E-state index is 6.30. The Hall–Kier alpha value is -0.0331. The van der Waals surface area contributed by atoms with E-state index in [1.54, 1.807) is 5.56 Å². The normalized spacial score (nSPS) is 16.2. The van der Waals surface area contributed by atoms with E-state index >= 15 is 0 Å². The molecule has 1 unspecified atom stereocenters. The maximum Gasteiger partial charge on any atom is 0.131 e. The Morgan fingerprint density at radius 1 is 1.00 bits per heavy atom. The third-order valence-corrected chi connectivity index (χ3v) is 8.43. The molecule has 1 aliphatic rings. The second-order valence-electron chi connectivity index (χ2n) is 8.55. The van der Waals surface area contributed by atoms with E-state index in [1.807, 2.05) is 0 Å². The van der Waals surface area contributed by atoms with Crippen LogP contribution >= 0.6 is 21.8 Å². The molecule has 158 valence electrons. The fourth-order valence-corrected chi connectivity index (χ4v) is 6.07. The molecule has 0 bridgehead atoms. The van der Waals surface area contributed by atoms with Crippen LogP contribution in [0.15, 0.2) is 18.2 Å². The van der Waals surface area contributed by atoms with E-state index in [9.17, 15) is 0 Å². The second-order valence-corrected chi connectivity index (χ2v) is 11.6. The molecule has 1 saturated carbocycles. The average molecular weight is 513 g/mol. The molecule has 0 heterocycles. The molecule has 2 rings (SSSR count). The Bertz CT molecular complexity index is 527. The van der Waals surface area contributed by atoms with Crippen LogP contribution in [0, 0.1) is 0 Å². The number of hydrogen-bond acceptors (Lipinski definition) is 1. The van der Waals surface area contributed by atoms with Gasteiger partial charge in [-0.05, 0) is 67.2 Å². The monoisotopic (exact) mass is 512 g/mol. The van der Waals surface area contributed by atoms with Crippen molar-refractivity contribution < 1.29 is 4.74 Å². The smallest absolute Gasteiger partial charge is 0.131 e. The maximum atomic E-state index is 6.30. The molecule has 0 N–H and O–H groups in total. The molecular formula is C25H41IOSi. The lowest BCUT2D eigenvalue weighted by Crippen LogP contribution is -2.10. The quantitative estimate of drug-likeness (QED) is 0.105. The van der Waals surface area contributed by atoms with Crippen LogP contribution in [0.3, 0.4) is 0 Å². The summed E-state index contributed by atoms with van der Waals surface area (Å²) in [5.74, 6) is 2.64. The minimum absolute atomic E-state index is 0.720. The van der Waals surface area contributed by atoms with Crippen LogP contribution in [0.25, 0.3) is 0 Å². The number of unbranched alkanes of at least 4 members (excludes halogenated alkanes) is 3. The van der Waals surface area contributed by atoms with Crippen LogP contribution in [-0.2, 0) is 0 Å². The fourth-order valence-electron chi connectivity index (χ4n) is 4.65. The molecule has 1 nitrogen and oxygen atoms in total. The number of hydrogen-bond donors (Lipinski definition) is 0. The summed E-state index contributed by atoms with van der Waals surface area (Å²) in [6, 6.07) is 8.56. The Morgan fingerprint density at radius 3 is 2.54 bits per heavy atom. The van der Waals surface area contributed by atoms with Crippen molar-refractivity contribution >= 4 is 28.8 Å². The zero-order chi connectivity index (χ0) is 20.0. The van der Waals surface area contributed by atoms with E-state index in [2.05, 4.69) is 53.8 Å². The first-order valence-electron chi connectivity index (χ1n) is 11.9. The lowest BCUT2D eigenvalue weighted by molar-refractivity contribution is 0.307. The molecule has 2 radical (unpaired) electrons. The Labute approximate surface area is 189 Å². The van der Waals surface area contributed by atoms with Gasteiger partial charge >= 0.3 is 0 Å². The number of ether oxygens (including phenoxy) is 1. The standard InChI is InChI=1S/C25H41IOSi/c1-3-5-6-8-13-21(12-4-2)23-16-17-25(27-18-11-19-28-26)24(20-23)22-14-9-7-10-15-22/h16-17,20-22H,3-15,18-19H2,1-2H3. The lowest BCUT2D eigenvalue weighted by Gasteiger charge is -2.26. The summed E-state index contributed by atoms with van der Waals surface area (Å²) in [7, 11) is 1.01. The van der Waals surface area contributed by atoms with Crippen LogP contribution < -0.4 is 4.74 Å². The van der Waals surface area contributed by atoms with Crippen LogP contribution in [0.5, 0.6) is 5.75 Å². The summed E-state index contributed by atoms with van der Waals surface area (Å²) in [5, 5.41) is 0. The molecule has 1 aromatic rings. The Morgan fingerprint density at radius 2 is 1.82 bits per heavy atom. The van der Waals surface area contributed by atoms with Gasteiger partial charge in [0.25, 0.3) is 0 Å². The topological polar surface area (TPSA) is 9.23 Å². The van der Waals surface area contributed by atoms with Gasteiger partial charge in [0.05, 0.1) is 6.61 Å². The highest BCUT2D eigenvalue weighted by molar-refractivity contribution is 14.1. The highest BCUT2D eigenvalue weighted by Crippen LogP contribution is 2.40. The molecule has 0 spiro atoms. The summed E-state index contributed by atoms with van der Waals surface area (Å²) in [6.07, 6.45) is 17.5. The zero-order valence-electron chi connectivity index (χ0n) is 18.3. The van der Waals surface area contributed by atoms with Crippen molar-refractivity contribution in [1.82, 2.24) is 0 Å². The molecule has 1 fully saturated rings. The molecule has 0 aliphatic heterocycles. The summed E-state index contributed by atoms with van der Waals surface area (Å²) >= 11 is 2.49. The van der Waals surface area contributed by atoms with Crippen molar-refractivity contribution in [2.45, 2.75) is 115 Å². The van der Waals surface area contributed by atoms with Crippen molar-refractivity contribution in [3.63, 3.8) is 0 Å². The van der Waals surface area contributed by atoms with Crippen LogP contribution in [0.4, 0.5) is 0 Å². The van der Waals surface area contributed by atoms with Gasteiger partial charge in [-0.2, -0.15) is 0 Å². The average Bonchev–Trinajstić information content (AvgIpc) is 2.74. The molecule has 1 atom stereocenters. The van der Waals surface area contributed by atoms with Crippen molar-refractivity contribution in [1.29, 1.82) is 0 Å².